The van der Waals surface area contributed by atoms with Crippen LogP contribution in [0.5, 0.6) is 0 Å². The van der Waals surface area contributed by atoms with E-state index in [1.54, 1.807) is 0 Å². The van der Waals surface area contributed by atoms with Crippen molar-refractivity contribution in [3.8, 4) is 0 Å². The molecule has 5 heteroatoms. The van der Waals surface area contributed by atoms with Crippen molar-refractivity contribution in [3.63, 3.8) is 0 Å². The molecule has 0 fully saturated rings. The van der Waals surface area contributed by atoms with Gasteiger partial charge >= 0.3 is 0 Å². The van der Waals surface area contributed by atoms with Crippen LogP contribution in [0, 0.1) is 6.92 Å². The Bertz CT molecular complexity index is 587. The molecular formula is C16H21Cl2N3. The van der Waals surface area contributed by atoms with Crippen LogP contribution >= 0.6 is 23.2 Å². The van der Waals surface area contributed by atoms with E-state index < -0.39 is 0 Å². The largest absolute Gasteiger partial charge is 0.310 e. The summed E-state index contributed by atoms with van der Waals surface area (Å²) in [5.41, 5.74) is 3.22. The van der Waals surface area contributed by atoms with Crippen LogP contribution in [0.1, 0.15) is 36.2 Å². The Kier molecular flexibility index (Phi) is 5.68. The van der Waals surface area contributed by atoms with E-state index in [2.05, 4.69) is 23.5 Å². The molecule has 0 radical (unpaired) electrons. The quantitative estimate of drug-likeness (QED) is 0.857. The average Bonchev–Trinajstić information content (AvgIpc) is 2.76. The van der Waals surface area contributed by atoms with E-state index in [9.17, 15) is 0 Å². The number of hydrogen-bond donors (Lipinski definition) is 1. The summed E-state index contributed by atoms with van der Waals surface area (Å²) in [4.78, 5) is 0. The standard InChI is InChI=1S/C16H21Cl2N3/c1-4-8-19-16(13-10-21(3)20-11(13)2)9-12-14(17)6-5-7-15(12)18/h5-7,10,16,19H,4,8-9H2,1-3H3. The molecule has 1 aromatic carbocycles. The Labute approximate surface area is 136 Å². The minimum absolute atomic E-state index is 0.163. The zero-order chi connectivity index (χ0) is 15.4. The maximum atomic E-state index is 6.31. The first-order chi connectivity index (χ1) is 10.0. The van der Waals surface area contributed by atoms with Gasteiger partial charge in [-0.1, -0.05) is 36.2 Å². The molecule has 2 aromatic rings. The van der Waals surface area contributed by atoms with Crippen LogP contribution in [0.3, 0.4) is 0 Å². The summed E-state index contributed by atoms with van der Waals surface area (Å²) in [6.45, 7) is 5.13. The lowest BCUT2D eigenvalue weighted by molar-refractivity contribution is 0.527. The molecule has 0 saturated heterocycles. The Morgan fingerprint density at radius 2 is 1.95 bits per heavy atom. The van der Waals surface area contributed by atoms with E-state index in [0.717, 1.165) is 30.6 Å². The maximum Gasteiger partial charge on any atom is 0.0641 e. The van der Waals surface area contributed by atoms with Crippen molar-refractivity contribution in [2.45, 2.75) is 32.7 Å². The van der Waals surface area contributed by atoms with Gasteiger partial charge in [-0.25, -0.2) is 0 Å². The topological polar surface area (TPSA) is 29.9 Å². The van der Waals surface area contributed by atoms with Crippen LogP contribution in [0.15, 0.2) is 24.4 Å². The van der Waals surface area contributed by atoms with Gasteiger partial charge < -0.3 is 5.32 Å². The molecule has 0 aliphatic heterocycles. The third kappa shape index (κ3) is 4.00. The molecule has 21 heavy (non-hydrogen) atoms. The number of nitrogens with zero attached hydrogens (tertiary/aromatic N) is 2. The molecule has 0 saturated carbocycles. The predicted molar refractivity (Wildman–Crippen MR) is 89.1 cm³/mol. The van der Waals surface area contributed by atoms with E-state index in [1.807, 2.05) is 36.9 Å². The van der Waals surface area contributed by atoms with E-state index in [0.29, 0.717) is 10.0 Å². The summed E-state index contributed by atoms with van der Waals surface area (Å²) < 4.78 is 1.85. The number of nitrogens with one attached hydrogen (secondary N) is 1. The van der Waals surface area contributed by atoms with Crippen molar-refractivity contribution in [2.24, 2.45) is 7.05 Å². The minimum atomic E-state index is 0.163. The van der Waals surface area contributed by atoms with Crippen molar-refractivity contribution in [3.05, 3.63) is 51.3 Å². The Hall–Kier alpha value is -1.03. The van der Waals surface area contributed by atoms with Crippen molar-refractivity contribution < 1.29 is 0 Å². The lowest BCUT2D eigenvalue weighted by Crippen LogP contribution is -2.24. The fraction of sp³-hybridized carbons (Fsp3) is 0.438. The summed E-state index contributed by atoms with van der Waals surface area (Å²) in [6, 6.07) is 5.81. The molecule has 1 unspecified atom stereocenters. The SMILES string of the molecule is CCCNC(Cc1c(Cl)cccc1Cl)c1cn(C)nc1C. The second kappa shape index (κ2) is 7.30. The zero-order valence-electron chi connectivity index (χ0n) is 12.7. The normalized spacial score (nSPS) is 12.6. The lowest BCUT2D eigenvalue weighted by Gasteiger charge is -2.19. The molecule has 1 N–H and O–H groups in total. The van der Waals surface area contributed by atoms with Gasteiger partial charge in [0.15, 0.2) is 0 Å². The van der Waals surface area contributed by atoms with Crippen molar-refractivity contribution in [1.29, 1.82) is 0 Å². The highest BCUT2D eigenvalue weighted by atomic mass is 35.5. The summed E-state index contributed by atoms with van der Waals surface area (Å²) in [5, 5.41) is 9.44. The second-order valence-electron chi connectivity index (χ2n) is 5.25. The monoisotopic (exact) mass is 325 g/mol. The van der Waals surface area contributed by atoms with Crippen molar-refractivity contribution >= 4 is 23.2 Å². The predicted octanol–water partition coefficient (Wildman–Crippen LogP) is 4.32. The van der Waals surface area contributed by atoms with E-state index in [1.165, 1.54) is 5.56 Å². The van der Waals surface area contributed by atoms with Gasteiger partial charge in [0.2, 0.25) is 0 Å². The number of rotatable bonds is 6. The molecule has 0 aliphatic rings. The highest BCUT2D eigenvalue weighted by Gasteiger charge is 2.19. The Balaban J connectivity index is 2.30. The van der Waals surface area contributed by atoms with Gasteiger partial charge in [0.25, 0.3) is 0 Å². The van der Waals surface area contributed by atoms with Gasteiger partial charge in [-0.2, -0.15) is 5.10 Å². The van der Waals surface area contributed by atoms with Gasteiger partial charge in [-0.3, -0.25) is 4.68 Å². The highest BCUT2D eigenvalue weighted by Crippen LogP contribution is 2.30. The molecule has 2 rings (SSSR count). The summed E-state index contributed by atoms with van der Waals surface area (Å²) in [5.74, 6) is 0. The first-order valence-corrected chi connectivity index (χ1v) is 7.95. The molecular weight excluding hydrogens is 305 g/mol. The second-order valence-corrected chi connectivity index (χ2v) is 6.07. The zero-order valence-corrected chi connectivity index (χ0v) is 14.2. The molecule has 1 aromatic heterocycles. The summed E-state index contributed by atoms with van der Waals surface area (Å²) in [6.07, 6.45) is 3.89. The fourth-order valence-corrected chi connectivity index (χ4v) is 3.05. The van der Waals surface area contributed by atoms with E-state index in [-0.39, 0.29) is 6.04 Å². The third-order valence-electron chi connectivity index (χ3n) is 3.54. The molecule has 3 nitrogen and oxygen atoms in total. The fourth-order valence-electron chi connectivity index (χ4n) is 2.50. The molecule has 0 amide bonds. The minimum Gasteiger partial charge on any atom is -0.310 e. The van der Waals surface area contributed by atoms with Crippen molar-refractivity contribution in [1.82, 2.24) is 15.1 Å². The van der Waals surface area contributed by atoms with E-state index >= 15 is 0 Å². The molecule has 0 bridgehead atoms. The molecule has 0 aliphatic carbocycles. The van der Waals surface area contributed by atoms with Gasteiger partial charge in [-0.15, -0.1) is 0 Å². The first-order valence-electron chi connectivity index (χ1n) is 7.19. The van der Waals surface area contributed by atoms with Gasteiger partial charge in [0.1, 0.15) is 0 Å². The van der Waals surface area contributed by atoms with Gasteiger partial charge in [-0.05, 0) is 44.0 Å². The van der Waals surface area contributed by atoms with Gasteiger partial charge in [0.05, 0.1) is 5.69 Å². The Morgan fingerprint density at radius 3 is 2.48 bits per heavy atom. The van der Waals surface area contributed by atoms with Crippen LogP contribution in [-0.4, -0.2) is 16.3 Å². The average molecular weight is 326 g/mol. The highest BCUT2D eigenvalue weighted by molar-refractivity contribution is 6.36. The first kappa shape index (κ1) is 16.3. The number of aromatic nitrogens is 2. The van der Waals surface area contributed by atoms with Crippen LogP contribution in [0.2, 0.25) is 10.0 Å². The van der Waals surface area contributed by atoms with Crippen LogP contribution in [-0.2, 0) is 13.5 Å². The maximum absolute atomic E-state index is 6.31. The molecule has 114 valence electrons. The number of benzene rings is 1. The van der Waals surface area contributed by atoms with Crippen LogP contribution in [0.25, 0.3) is 0 Å². The Morgan fingerprint density at radius 1 is 1.29 bits per heavy atom. The van der Waals surface area contributed by atoms with Crippen LogP contribution < -0.4 is 5.32 Å². The number of hydrogen-bond acceptors (Lipinski definition) is 2. The smallest absolute Gasteiger partial charge is 0.0641 e. The van der Waals surface area contributed by atoms with Crippen LogP contribution in [0.4, 0.5) is 0 Å². The molecule has 0 spiro atoms. The summed E-state index contributed by atoms with van der Waals surface area (Å²) >= 11 is 12.6. The van der Waals surface area contributed by atoms with Gasteiger partial charge in [0, 0.05) is 34.9 Å². The molecule has 1 atom stereocenters. The number of halogens is 2. The lowest BCUT2D eigenvalue weighted by atomic mass is 9.99. The molecule has 1 heterocycles. The summed E-state index contributed by atoms with van der Waals surface area (Å²) in [7, 11) is 1.94. The van der Waals surface area contributed by atoms with Crippen molar-refractivity contribution in [2.75, 3.05) is 6.54 Å². The third-order valence-corrected chi connectivity index (χ3v) is 4.25. The van der Waals surface area contributed by atoms with E-state index in [4.69, 9.17) is 23.2 Å². The number of aryl methyl sites for hydroxylation is 2.